The van der Waals surface area contributed by atoms with E-state index < -0.39 is 5.60 Å². The number of benzene rings is 1. The molecule has 2 N–H and O–H groups in total. The molecule has 8 heteroatoms. The molecule has 1 fully saturated rings. The van der Waals surface area contributed by atoms with Gasteiger partial charge in [-0.15, -0.1) is 0 Å². The molecule has 1 aromatic rings. The second kappa shape index (κ2) is 11.7. The summed E-state index contributed by atoms with van der Waals surface area (Å²) in [4.78, 5) is 18.7. The predicted molar refractivity (Wildman–Crippen MR) is 123 cm³/mol. The number of nitrogens with one attached hydrogen (secondary N) is 2. The fourth-order valence-corrected chi connectivity index (χ4v) is 3.38. The van der Waals surface area contributed by atoms with Gasteiger partial charge in [0.2, 0.25) is 0 Å². The van der Waals surface area contributed by atoms with Crippen molar-refractivity contribution >= 4 is 12.1 Å². The van der Waals surface area contributed by atoms with Crippen molar-refractivity contribution in [1.29, 1.82) is 0 Å². The molecular formula is C23H38N4O4. The number of guanidine groups is 1. The SMILES string of the molecule is CCNC(=NCc1ccc(OC)c(OC)c1)NCC1CCN(C(=O)OC(C)(C)C)CC1. The van der Waals surface area contributed by atoms with Gasteiger partial charge in [-0.2, -0.15) is 0 Å². The third kappa shape index (κ3) is 8.19. The van der Waals surface area contributed by atoms with E-state index >= 15 is 0 Å². The number of methoxy groups -OCH3 is 2. The van der Waals surface area contributed by atoms with Gasteiger partial charge in [0.25, 0.3) is 0 Å². The number of ether oxygens (including phenoxy) is 3. The topological polar surface area (TPSA) is 84.4 Å². The molecule has 0 saturated carbocycles. The Balaban J connectivity index is 1.85. The standard InChI is InChI=1S/C23H38N4O4/c1-7-24-21(26-16-18-8-9-19(29-5)20(14-18)30-6)25-15-17-10-12-27(13-11-17)22(28)31-23(2,3)4/h8-9,14,17H,7,10-13,15-16H2,1-6H3,(H2,24,25,26). The smallest absolute Gasteiger partial charge is 0.410 e. The quantitative estimate of drug-likeness (QED) is 0.505. The Hall–Kier alpha value is -2.64. The summed E-state index contributed by atoms with van der Waals surface area (Å²) in [6.45, 7) is 11.3. The third-order valence-corrected chi connectivity index (χ3v) is 5.04. The fraction of sp³-hybridized carbons (Fsp3) is 0.652. The predicted octanol–water partition coefficient (Wildman–Crippen LogP) is 3.41. The Kier molecular flexibility index (Phi) is 9.27. The highest BCUT2D eigenvalue weighted by Gasteiger charge is 2.26. The summed E-state index contributed by atoms with van der Waals surface area (Å²) < 4.78 is 16.1. The number of rotatable bonds is 7. The van der Waals surface area contributed by atoms with E-state index in [0.29, 0.717) is 24.0 Å². The van der Waals surface area contributed by atoms with Gasteiger partial charge < -0.3 is 29.7 Å². The van der Waals surface area contributed by atoms with Gasteiger partial charge in [0, 0.05) is 26.2 Å². The van der Waals surface area contributed by atoms with Crippen molar-refractivity contribution in [3.63, 3.8) is 0 Å². The summed E-state index contributed by atoms with van der Waals surface area (Å²) in [6.07, 6.45) is 1.67. The van der Waals surface area contributed by atoms with E-state index in [0.717, 1.165) is 50.5 Å². The molecule has 174 valence electrons. The lowest BCUT2D eigenvalue weighted by Crippen LogP contribution is -2.45. The average molecular weight is 435 g/mol. The number of hydrogen-bond donors (Lipinski definition) is 2. The zero-order chi connectivity index (χ0) is 22.9. The maximum Gasteiger partial charge on any atom is 0.410 e. The van der Waals surface area contributed by atoms with Crippen LogP contribution in [0.25, 0.3) is 0 Å². The summed E-state index contributed by atoms with van der Waals surface area (Å²) in [6, 6.07) is 5.82. The number of hydrogen-bond acceptors (Lipinski definition) is 5. The molecule has 31 heavy (non-hydrogen) atoms. The van der Waals surface area contributed by atoms with Crippen LogP contribution in [0.2, 0.25) is 0 Å². The summed E-state index contributed by atoms with van der Waals surface area (Å²) >= 11 is 0. The van der Waals surface area contributed by atoms with Crippen LogP contribution < -0.4 is 20.1 Å². The molecule has 0 aromatic heterocycles. The Bertz CT molecular complexity index is 738. The molecule has 1 aliphatic heterocycles. The molecule has 0 bridgehead atoms. The lowest BCUT2D eigenvalue weighted by molar-refractivity contribution is 0.0185. The van der Waals surface area contributed by atoms with E-state index in [2.05, 4.69) is 10.6 Å². The maximum absolute atomic E-state index is 12.2. The lowest BCUT2D eigenvalue weighted by atomic mass is 9.97. The van der Waals surface area contributed by atoms with E-state index in [1.165, 1.54) is 0 Å². The molecule has 1 aliphatic rings. The van der Waals surface area contributed by atoms with Crippen LogP contribution in [0.1, 0.15) is 46.1 Å². The first-order valence-corrected chi connectivity index (χ1v) is 11.0. The molecule has 1 saturated heterocycles. The normalized spacial score (nSPS) is 15.4. The lowest BCUT2D eigenvalue weighted by Gasteiger charge is -2.33. The number of aliphatic imine (C=N–C) groups is 1. The zero-order valence-electron chi connectivity index (χ0n) is 19.8. The Morgan fingerprint density at radius 2 is 1.81 bits per heavy atom. The minimum Gasteiger partial charge on any atom is -0.493 e. The van der Waals surface area contributed by atoms with Crippen molar-refractivity contribution < 1.29 is 19.0 Å². The molecule has 0 spiro atoms. The second-order valence-corrected chi connectivity index (χ2v) is 8.68. The summed E-state index contributed by atoms with van der Waals surface area (Å²) in [5.41, 5.74) is 0.584. The van der Waals surface area contributed by atoms with Crippen LogP contribution >= 0.6 is 0 Å². The second-order valence-electron chi connectivity index (χ2n) is 8.68. The molecule has 2 rings (SSSR count). The van der Waals surface area contributed by atoms with Crippen molar-refractivity contribution in [3.05, 3.63) is 23.8 Å². The molecular weight excluding hydrogens is 396 g/mol. The van der Waals surface area contributed by atoms with E-state index in [-0.39, 0.29) is 6.09 Å². The van der Waals surface area contributed by atoms with Crippen molar-refractivity contribution in [2.45, 2.75) is 52.7 Å². The summed E-state index contributed by atoms with van der Waals surface area (Å²) in [5.74, 6) is 2.68. The minimum atomic E-state index is -0.458. The zero-order valence-corrected chi connectivity index (χ0v) is 19.8. The molecule has 1 heterocycles. The van der Waals surface area contributed by atoms with Crippen LogP contribution in [-0.2, 0) is 11.3 Å². The summed E-state index contributed by atoms with van der Waals surface area (Å²) in [7, 11) is 3.26. The summed E-state index contributed by atoms with van der Waals surface area (Å²) in [5, 5.41) is 6.74. The Labute approximate surface area is 186 Å². The van der Waals surface area contributed by atoms with Crippen LogP contribution in [0.5, 0.6) is 11.5 Å². The van der Waals surface area contributed by atoms with E-state index in [1.807, 2.05) is 45.9 Å². The van der Waals surface area contributed by atoms with Gasteiger partial charge in [-0.3, -0.25) is 0 Å². The number of carbonyl (C=O) groups is 1. The van der Waals surface area contributed by atoms with Crippen LogP contribution in [0.4, 0.5) is 4.79 Å². The van der Waals surface area contributed by atoms with Crippen molar-refractivity contribution in [2.24, 2.45) is 10.9 Å². The van der Waals surface area contributed by atoms with Gasteiger partial charge in [0.1, 0.15) is 5.60 Å². The van der Waals surface area contributed by atoms with Crippen LogP contribution in [0, 0.1) is 5.92 Å². The van der Waals surface area contributed by atoms with Gasteiger partial charge in [-0.25, -0.2) is 9.79 Å². The fourth-order valence-electron chi connectivity index (χ4n) is 3.38. The first-order chi connectivity index (χ1) is 14.8. The van der Waals surface area contributed by atoms with Gasteiger partial charge in [-0.1, -0.05) is 6.07 Å². The minimum absolute atomic E-state index is 0.219. The van der Waals surface area contributed by atoms with Gasteiger partial charge in [0.15, 0.2) is 17.5 Å². The number of likely N-dealkylation sites (tertiary alicyclic amines) is 1. The van der Waals surface area contributed by atoms with E-state index in [4.69, 9.17) is 19.2 Å². The molecule has 1 amide bonds. The van der Waals surface area contributed by atoms with Crippen molar-refractivity contribution in [2.75, 3.05) is 40.4 Å². The maximum atomic E-state index is 12.2. The molecule has 0 atom stereocenters. The molecule has 1 aromatic carbocycles. The largest absolute Gasteiger partial charge is 0.493 e. The van der Waals surface area contributed by atoms with Crippen LogP contribution in [-0.4, -0.2) is 63.0 Å². The highest BCUT2D eigenvalue weighted by Crippen LogP contribution is 2.27. The highest BCUT2D eigenvalue weighted by molar-refractivity contribution is 5.79. The molecule has 0 unspecified atom stereocenters. The van der Waals surface area contributed by atoms with E-state index in [1.54, 1.807) is 19.1 Å². The molecule has 0 radical (unpaired) electrons. The van der Waals surface area contributed by atoms with Gasteiger partial charge in [0.05, 0.1) is 20.8 Å². The Morgan fingerprint density at radius 1 is 1.13 bits per heavy atom. The van der Waals surface area contributed by atoms with Gasteiger partial charge in [-0.05, 0) is 64.2 Å². The van der Waals surface area contributed by atoms with Crippen molar-refractivity contribution in [1.82, 2.24) is 15.5 Å². The van der Waals surface area contributed by atoms with Gasteiger partial charge >= 0.3 is 6.09 Å². The highest BCUT2D eigenvalue weighted by atomic mass is 16.6. The monoisotopic (exact) mass is 434 g/mol. The first-order valence-electron chi connectivity index (χ1n) is 11.0. The molecule has 8 nitrogen and oxygen atoms in total. The first kappa shape index (κ1) is 24.6. The van der Waals surface area contributed by atoms with Crippen LogP contribution in [0.3, 0.4) is 0 Å². The number of carbonyl (C=O) groups excluding carboxylic acids is 1. The molecule has 0 aliphatic carbocycles. The number of amides is 1. The van der Waals surface area contributed by atoms with Crippen LogP contribution in [0.15, 0.2) is 23.2 Å². The average Bonchev–Trinajstić information content (AvgIpc) is 2.74. The van der Waals surface area contributed by atoms with E-state index in [9.17, 15) is 4.79 Å². The number of nitrogens with zero attached hydrogens (tertiary/aromatic N) is 2. The third-order valence-electron chi connectivity index (χ3n) is 5.04. The Morgan fingerprint density at radius 3 is 2.39 bits per heavy atom. The number of piperidine rings is 1. The van der Waals surface area contributed by atoms with Crippen molar-refractivity contribution in [3.8, 4) is 11.5 Å².